The molecule has 1 saturated heterocycles. The third-order valence-corrected chi connectivity index (χ3v) is 5.48. The Bertz CT molecular complexity index is 835. The Morgan fingerprint density at radius 1 is 1.14 bits per heavy atom. The zero-order valence-electron chi connectivity index (χ0n) is 16.2. The molecular formula is C22H26Cl2FN3O. The highest BCUT2D eigenvalue weighted by atomic mass is 35.5. The van der Waals surface area contributed by atoms with Crippen molar-refractivity contribution in [3.63, 3.8) is 0 Å². The van der Waals surface area contributed by atoms with Crippen molar-refractivity contribution in [2.24, 2.45) is 0 Å². The number of nitrogens with zero attached hydrogens (tertiary/aromatic N) is 3. The van der Waals surface area contributed by atoms with E-state index < -0.39 is 6.17 Å². The van der Waals surface area contributed by atoms with Gasteiger partial charge >= 0.3 is 0 Å². The Morgan fingerprint density at radius 2 is 1.90 bits per heavy atom. The summed E-state index contributed by atoms with van der Waals surface area (Å²) in [4.78, 5) is 4.49. The second kappa shape index (κ2) is 11.4. The van der Waals surface area contributed by atoms with Crippen LogP contribution >= 0.6 is 24.0 Å². The smallest absolute Gasteiger partial charge is 0.126 e. The van der Waals surface area contributed by atoms with Gasteiger partial charge in [-0.05, 0) is 48.2 Å². The minimum atomic E-state index is -1.09. The first-order valence-electron chi connectivity index (χ1n) is 9.61. The van der Waals surface area contributed by atoms with E-state index in [1.54, 1.807) is 18.2 Å². The Hall–Kier alpha value is -1.84. The normalized spacial score (nSPS) is 15.4. The lowest BCUT2D eigenvalue weighted by atomic mass is 9.99. The number of nitriles is 1. The highest BCUT2D eigenvalue weighted by molar-refractivity contribution is 6.30. The molecule has 4 nitrogen and oxygen atoms in total. The van der Waals surface area contributed by atoms with Gasteiger partial charge in [0, 0.05) is 43.4 Å². The van der Waals surface area contributed by atoms with E-state index in [0.29, 0.717) is 35.5 Å². The molecule has 0 spiro atoms. The molecule has 0 amide bonds. The minimum Gasteiger partial charge on any atom is -0.395 e. The van der Waals surface area contributed by atoms with Crippen molar-refractivity contribution in [3.05, 3.63) is 64.2 Å². The van der Waals surface area contributed by atoms with E-state index >= 15 is 0 Å². The fourth-order valence-corrected chi connectivity index (χ4v) is 3.78. The number of aryl methyl sites for hydroxylation is 1. The first kappa shape index (κ1) is 23.4. The molecule has 0 aliphatic carbocycles. The molecule has 0 radical (unpaired) electrons. The van der Waals surface area contributed by atoms with Crippen molar-refractivity contribution >= 4 is 29.7 Å². The zero-order valence-corrected chi connectivity index (χ0v) is 17.8. The van der Waals surface area contributed by atoms with Gasteiger partial charge in [0.05, 0.1) is 18.2 Å². The van der Waals surface area contributed by atoms with Gasteiger partial charge in [-0.15, -0.1) is 12.4 Å². The fraction of sp³-hybridized carbons (Fsp3) is 0.409. The Labute approximate surface area is 182 Å². The summed E-state index contributed by atoms with van der Waals surface area (Å²) in [5.74, 6) is 0. The van der Waals surface area contributed by atoms with Crippen molar-refractivity contribution in [1.29, 1.82) is 5.26 Å². The van der Waals surface area contributed by atoms with Gasteiger partial charge < -0.3 is 10.0 Å². The summed E-state index contributed by atoms with van der Waals surface area (Å²) in [6.07, 6.45) is -0.271. The van der Waals surface area contributed by atoms with Crippen molar-refractivity contribution in [2.75, 3.05) is 44.2 Å². The molecule has 1 atom stereocenters. The molecule has 2 aromatic carbocycles. The number of piperazine rings is 1. The van der Waals surface area contributed by atoms with Gasteiger partial charge in [-0.1, -0.05) is 29.8 Å². The molecule has 0 unspecified atom stereocenters. The Kier molecular flexibility index (Phi) is 9.19. The summed E-state index contributed by atoms with van der Waals surface area (Å²) in [6.45, 7) is 4.43. The highest BCUT2D eigenvalue weighted by Crippen LogP contribution is 2.28. The number of aliphatic hydroxyl groups excluding tert-OH is 1. The molecule has 1 N–H and O–H groups in total. The SMILES string of the molecule is Cl.N#Cc1cc(Cl)ccc1CC[C@@H](F)c1cccc(N2CCN(CCO)CC2)c1. The van der Waals surface area contributed by atoms with Crippen LogP contribution in [0.4, 0.5) is 10.1 Å². The third-order valence-electron chi connectivity index (χ3n) is 5.25. The molecule has 0 aromatic heterocycles. The van der Waals surface area contributed by atoms with E-state index in [2.05, 4.69) is 15.9 Å². The van der Waals surface area contributed by atoms with Crippen LogP contribution in [0.25, 0.3) is 0 Å². The molecule has 1 aliphatic heterocycles. The predicted molar refractivity (Wildman–Crippen MR) is 118 cm³/mol. The lowest BCUT2D eigenvalue weighted by Crippen LogP contribution is -2.47. The highest BCUT2D eigenvalue weighted by Gasteiger charge is 2.18. The molecular weight excluding hydrogens is 412 g/mol. The van der Waals surface area contributed by atoms with E-state index in [1.807, 2.05) is 24.3 Å². The molecule has 0 saturated carbocycles. The van der Waals surface area contributed by atoms with E-state index in [-0.39, 0.29) is 19.0 Å². The number of anilines is 1. The van der Waals surface area contributed by atoms with Crippen LogP contribution in [-0.2, 0) is 6.42 Å². The summed E-state index contributed by atoms with van der Waals surface area (Å²) >= 11 is 5.93. The van der Waals surface area contributed by atoms with Crippen molar-refractivity contribution in [1.82, 2.24) is 4.90 Å². The van der Waals surface area contributed by atoms with Crippen LogP contribution in [0.15, 0.2) is 42.5 Å². The lowest BCUT2D eigenvalue weighted by Gasteiger charge is -2.36. The largest absolute Gasteiger partial charge is 0.395 e. The van der Waals surface area contributed by atoms with Crippen LogP contribution in [0.3, 0.4) is 0 Å². The van der Waals surface area contributed by atoms with Crippen LogP contribution in [0.5, 0.6) is 0 Å². The number of aliphatic hydroxyl groups is 1. The third kappa shape index (κ3) is 6.32. The monoisotopic (exact) mass is 437 g/mol. The standard InChI is InChI=1S/C22H25ClFN3O.ClH/c23-20-6-4-17(19(14-20)16-25)5-7-22(24)18-2-1-3-21(15-18)27-10-8-26(9-11-27)12-13-28;/h1-4,6,14-15,22,28H,5,7-13H2;1H/t22-;/m1./s1. The number of hydrogen-bond donors (Lipinski definition) is 1. The van der Waals surface area contributed by atoms with Crippen LogP contribution in [0.1, 0.15) is 29.3 Å². The molecule has 2 aromatic rings. The van der Waals surface area contributed by atoms with E-state index in [4.69, 9.17) is 16.7 Å². The van der Waals surface area contributed by atoms with Crippen LogP contribution in [0, 0.1) is 11.3 Å². The first-order chi connectivity index (χ1) is 13.6. The number of hydrogen-bond acceptors (Lipinski definition) is 4. The summed E-state index contributed by atoms with van der Waals surface area (Å²) < 4.78 is 14.9. The maximum absolute atomic E-state index is 14.9. The molecule has 1 heterocycles. The number of β-amino-alcohol motifs (C(OH)–C–C–N with tert-alkyl or cyclic N) is 1. The average molecular weight is 438 g/mol. The number of alkyl halides is 1. The van der Waals surface area contributed by atoms with Crippen molar-refractivity contribution in [2.45, 2.75) is 19.0 Å². The quantitative estimate of drug-likeness (QED) is 0.697. The van der Waals surface area contributed by atoms with Gasteiger partial charge in [0.2, 0.25) is 0 Å². The topological polar surface area (TPSA) is 50.5 Å². The maximum Gasteiger partial charge on any atom is 0.126 e. The number of rotatable bonds is 7. The lowest BCUT2D eigenvalue weighted by molar-refractivity contribution is 0.189. The number of halogens is 3. The summed E-state index contributed by atoms with van der Waals surface area (Å²) in [5.41, 5.74) is 3.04. The molecule has 3 rings (SSSR count). The van der Waals surface area contributed by atoms with Crippen molar-refractivity contribution < 1.29 is 9.50 Å². The molecule has 1 fully saturated rings. The minimum absolute atomic E-state index is 0. The van der Waals surface area contributed by atoms with Crippen LogP contribution < -0.4 is 4.90 Å². The van der Waals surface area contributed by atoms with Crippen LogP contribution in [0.2, 0.25) is 5.02 Å². The second-order valence-electron chi connectivity index (χ2n) is 7.07. The Morgan fingerprint density at radius 3 is 2.59 bits per heavy atom. The first-order valence-corrected chi connectivity index (χ1v) is 9.99. The Balaban J connectivity index is 0.00000300. The predicted octanol–water partition coefficient (Wildman–Crippen LogP) is 4.39. The maximum atomic E-state index is 14.9. The second-order valence-corrected chi connectivity index (χ2v) is 7.50. The zero-order chi connectivity index (χ0) is 19.9. The molecule has 29 heavy (non-hydrogen) atoms. The number of benzene rings is 2. The van der Waals surface area contributed by atoms with E-state index in [9.17, 15) is 9.65 Å². The molecule has 1 aliphatic rings. The molecule has 0 bridgehead atoms. The van der Waals surface area contributed by atoms with Crippen molar-refractivity contribution in [3.8, 4) is 6.07 Å². The average Bonchev–Trinajstić information content (AvgIpc) is 2.73. The van der Waals surface area contributed by atoms with E-state index in [1.165, 1.54) is 0 Å². The van der Waals surface area contributed by atoms with Gasteiger partial charge in [-0.25, -0.2) is 4.39 Å². The van der Waals surface area contributed by atoms with E-state index in [0.717, 1.165) is 37.4 Å². The summed E-state index contributed by atoms with van der Waals surface area (Å²) in [5, 5.41) is 18.8. The molecule has 7 heteroatoms. The fourth-order valence-electron chi connectivity index (χ4n) is 3.61. The summed E-state index contributed by atoms with van der Waals surface area (Å²) in [7, 11) is 0. The molecule has 156 valence electrons. The van der Waals surface area contributed by atoms with Gasteiger partial charge in [0.25, 0.3) is 0 Å². The summed E-state index contributed by atoms with van der Waals surface area (Å²) in [6, 6.07) is 15.0. The van der Waals surface area contributed by atoms with Gasteiger partial charge in [-0.3, -0.25) is 4.90 Å². The van der Waals surface area contributed by atoms with Crippen LogP contribution in [-0.4, -0.2) is 49.3 Å². The van der Waals surface area contributed by atoms with Gasteiger partial charge in [0.15, 0.2) is 0 Å². The van der Waals surface area contributed by atoms with Gasteiger partial charge in [0.1, 0.15) is 6.17 Å². The van der Waals surface area contributed by atoms with Gasteiger partial charge in [-0.2, -0.15) is 5.26 Å².